The molecule has 0 spiro atoms. The average molecular weight is 406 g/mol. The Kier molecular flexibility index (Phi) is 7.03. The highest BCUT2D eigenvalue weighted by Gasteiger charge is 2.31. The summed E-state index contributed by atoms with van der Waals surface area (Å²) < 4.78 is 34.7. The lowest BCUT2D eigenvalue weighted by Crippen LogP contribution is -2.41. The highest BCUT2D eigenvalue weighted by Crippen LogP contribution is 2.32. The minimum atomic E-state index is -2.89. The van der Waals surface area contributed by atoms with E-state index in [1.54, 1.807) is 12.1 Å². The molecule has 0 aromatic heterocycles. The van der Waals surface area contributed by atoms with E-state index in [2.05, 4.69) is 27.1 Å². The molecular formula is C21H24F2N2O2S. The van der Waals surface area contributed by atoms with Crippen LogP contribution in [0.5, 0.6) is 11.5 Å². The van der Waals surface area contributed by atoms with E-state index in [9.17, 15) is 8.78 Å². The normalized spacial score (nSPS) is 13.3. The van der Waals surface area contributed by atoms with Gasteiger partial charge in [-0.05, 0) is 54.7 Å². The summed E-state index contributed by atoms with van der Waals surface area (Å²) in [6, 6.07) is 15.7. The molecule has 7 heteroatoms. The first-order chi connectivity index (χ1) is 13.6. The molecule has 2 aromatic rings. The van der Waals surface area contributed by atoms with E-state index in [-0.39, 0.29) is 11.5 Å². The lowest BCUT2D eigenvalue weighted by molar-refractivity contribution is -0.0512. The minimum Gasteiger partial charge on any atom is -0.493 e. The van der Waals surface area contributed by atoms with Gasteiger partial charge in [0.2, 0.25) is 0 Å². The maximum atomic E-state index is 12.5. The van der Waals surface area contributed by atoms with Gasteiger partial charge in [0.15, 0.2) is 16.6 Å². The second-order valence-corrected chi connectivity index (χ2v) is 7.08. The first kappa shape index (κ1) is 20.3. The Morgan fingerprint density at radius 3 is 2.54 bits per heavy atom. The van der Waals surface area contributed by atoms with Gasteiger partial charge in [0.25, 0.3) is 0 Å². The van der Waals surface area contributed by atoms with Gasteiger partial charge in [0.05, 0.1) is 7.11 Å². The van der Waals surface area contributed by atoms with E-state index in [0.29, 0.717) is 17.7 Å². The van der Waals surface area contributed by atoms with E-state index in [1.807, 2.05) is 18.2 Å². The molecule has 4 nitrogen and oxygen atoms in total. The third-order valence-corrected chi connectivity index (χ3v) is 4.96. The summed E-state index contributed by atoms with van der Waals surface area (Å²) in [5.41, 5.74) is 2.19. The van der Waals surface area contributed by atoms with Crippen LogP contribution in [0.2, 0.25) is 0 Å². The Bertz CT molecular complexity index is 785. The molecule has 0 atom stereocenters. The van der Waals surface area contributed by atoms with Crippen LogP contribution in [-0.4, -0.2) is 36.3 Å². The Morgan fingerprint density at radius 1 is 1.14 bits per heavy atom. The van der Waals surface area contributed by atoms with Crippen LogP contribution < -0.4 is 14.8 Å². The van der Waals surface area contributed by atoms with E-state index in [4.69, 9.17) is 17.0 Å². The van der Waals surface area contributed by atoms with Crippen molar-refractivity contribution in [3.8, 4) is 11.5 Å². The molecular weight excluding hydrogens is 382 g/mol. The smallest absolute Gasteiger partial charge is 0.387 e. The molecule has 1 N–H and O–H groups in total. The monoisotopic (exact) mass is 406 g/mol. The topological polar surface area (TPSA) is 33.7 Å². The van der Waals surface area contributed by atoms with E-state index in [1.165, 1.54) is 18.7 Å². The molecule has 0 radical (unpaired) electrons. The quantitative estimate of drug-likeness (QED) is 0.625. The van der Waals surface area contributed by atoms with Crippen molar-refractivity contribution in [2.75, 3.05) is 13.7 Å². The van der Waals surface area contributed by atoms with Crippen LogP contribution in [0, 0.1) is 0 Å². The number of nitrogens with one attached hydrogen (secondary N) is 1. The van der Waals surface area contributed by atoms with E-state index in [0.717, 1.165) is 31.4 Å². The second kappa shape index (κ2) is 9.68. The van der Waals surface area contributed by atoms with Gasteiger partial charge in [-0.25, -0.2) is 0 Å². The Morgan fingerprint density at radius 2 is 1.89 bits per heavy atom. The number of benzene rings is 2. The number of nitrogens with zero attached hydrogens (tertiary/aromatic N) is 1. The number of methoxy groups -OCH3 is 1. The molecule has 0 saturated heterocycles. The Labute approximate surface area is 169 Å². The van der Waals surface area contributed by atoms with E-state index < -0.39 is 6.61 Å². The molecule has 150 valence electrons. The molecule has 1 aliphatic carbocycles. The van der Waals surface area contributed by atoms with Gasteiger partial charge in [-0.1, -0.05) is 36.4 Å². The van der Waals surface area contributed by atoms with Crippen LogP contribution in [0.1, 0.15) is 24.0 Å². The van der Waals surface area contributed by atoms with E-state index >= 15 is 0 Å². The Balaban J connectivity index is 1.60. The summed E-state index contributed by atoms with van der Waals surface area (Å²) in [6.07, 6.45) is 3.10. The third-order valence-electron chi connectivity index (χ3n) is 4.58. The first-order valence-electron chi connectivity index (χ1n) is 9.27. The number of ether oxygens (including phenoxy) is 2. The predicted molar refractivity (Wildman–Crippen MR) is 109 cm³/mol. The van der Waals surface area contributed by atoms with Crippen molar-refractivity contribution in [1.82, 2.24) is 10.2 Å². The van der Waals surface area contributed by atoms with Crippen molar-refractivity contribution in [2.24, 2.45) is 0 Å². The number of halogens is 2. The maximum absolute atomic E-state index is 12.5. The predicted octanol–water partition coefficient (Wildman–Crippen LogP) is 4.38. The van der Waals surface area contributed by atoms with Crippen molar-refractivity contribution in [2.45, 2.75) is 38.5 Å². The molecule has 1 aliphatic rings. The highest BCUT2D eigenvalue weighted by molar-refractivity contribution is 7.80. The molecule has 0 amide bonds. The second-order valence-electron chi connectivity index (χ2n) is 6.69. The fourth-order valence-electron chi connectivity index (χ4n) is 3.01. The van der Waals surface area contributed by atoms with Gasteiger partial charge in [-0.15, -0.1) is 0 Å². The van der Waals surface area contributed by atoms with Gasteiger partial charge in [-0.3, -0.25) is 0 Å². The summed E-state index contributed by atoms with van der Waals surface area (Å²) >= 11 is 5.61. The van der Waals surface area contributed by atoms with Crippen LogP contribution >= 0.6 is 12.2 Å². The van der Waals surface area contributed by atoms with Crippen LogP contribution in [0.25, 0.3) is 0 Å². The zero-order valence-electron chi connectivity index (χ0n) is 15.7. The van der Waals surface area contributed by atoms with Gasteiger partial charge in [0, 0.05) is 19.1 Å². The summed E-state index contributed by atoms with van der Waals surface area (Å²) in [7, 11) is 1.44. The maximum Gasteiger partial charge on any atom is 0.387 e. The van der Waals surface area contributed by atoms with Crippen LogP contribution in [-0.2, 0) is 13.0 Å². The molecule has 2 aromatic carbocycles. The van der Waals surface area contributed by atoms with Gasteiger partial charge >= 0.3 is 6.61 Å². The zero-order valence-corrected chi connectivity index (χ0v) is 16.6. The minimum absolute atomic E-state index is 0.0304. The highest BCUT2D eigenvalue weighted by atomic mass is 32.1. The SMILES string of the molecule is COc1cc(CN(C(=S)NCCc2ccccc2)C2CC2)ccc1OC(F)F. The number of rotatable bonds is 9. The molecule has 3 rings (SSSR count). The van der Waals surface area contributed by atoms with Gasteiger partial charge < -0.3 is 19.7 Å². The lowest BCUT2D eigenvalue weighted by atomic mass is 10.1. The summed E-state index contributed by atoms with van der Waals surface area (Å²) in [6.45, 7) is -1.53. The summed E-state index contributed by atoms with van der Waals surface area (Å²) in [5, 5.41) is 4.05. The van der Waals surface area contributed by atoms with Gasteiger partial charge in [-0.2, -0.15) is 8.78 Å². The average Bonchev–Trinajstić information content (AvgIpc) is 3.52. The van der Waals surface area contributed by atoms with Crippen molar-refractivity contribution < 1.29 is 18.3 Å². The van der Waals surface area contributed by atoms with Gasteiger partial charge in [0.1, 0.15) is 0 Å². The lowest BCUT2D eigenvalue weighted by Gasteiger charge is -2.26. The van der Waals surface area contributed by atoms with Crippen molar-refractivity contribution in [1.29, 1.82) is 0 Å². The fourth-order valence-corrected chi connectivity index (χ4v) is 3.33. The molecule has 1 fully saturated rings. The number of hydrogen-bond donors (Lipinski definition) is 1. The molecule has 1 saturated carbocycles. The Hall–Kier alpha value is -2.41. The van der Waals surface area contributed by atoms with Crippen molar-refractivity contribution >= 4 is 17.3 Å². The zero-order chi connectivity index (χ0) is 19.9. The standard InChI is InChI=1S/C21H24F2N2O2S/c1-26-19-13-16(7-10-18(19)27-20(22)23)14-25(17-8-9-17)21(28)24-12-11-15-5-3-2-4-6-15/h2-7,10,13,17,20H,8-9,11-12,14H2,1H3,(H,24,28). The van der Waals surface area contributed by atoms with Crippen LogP contribution in [0.3, 0.4) is 0 Å². The summed E-state index contributed by atoms with van der Waals surface area (Å²) in [5.74, 6) is 0.319. The molecule has 0 aliphatic heterocycles. The third kappa shape index (κ3) is 5.79. The summed E-state index contributed by atoms with van der Waals surface area (Å²) in [4.78, 5) is 2.16. The van der Waals surface area contributed by atoms with Crippen molar-refractivity contribution in [3.05, 3.63) is 59.7 Å². The number of alkyl halides is 2. The largest absolute Gasteiger partial charge is 0.493 e. The van der Waals surface area contributed by atoms with Crippen LogP contribution in [0.15, 0.2) is 48.5 Å². The molecule has 0 heterocycles. The number of thiocarbonyl (C=S) groups is 1. The molecule has 0 unspecified atom stereocenters. The fraction of sp³-hybridized carbons (Fsp3) is 0.381. The first-order valence-corrected chi connectivity index (χ1v) is 9.67. The van der Waals surface area contributed by atoms with Crippen molar-refractivity contribution in [3.63, 3.8) is 0 Å². The van der Waals surface area contributed by atoms with Crippen LogP contribution in [0.4, 0.5) is 8.78 Å². The number of hydrogen-bond acceptors (Lipinski definition) is 3. The molecule has 28 heavy (non-hydrogen) atoms. The molecule has 0 bridgehead atoms.